The maximum Gasteiger partial charge on any atom is 0.416 e. The topological polar surface area (TPSA) is 98.5 Å². The minimum Gasteiger partial charge on any atom is -0.455 e. The Labute approximate surface area is 133 Å². The van der Waals surface area contributed by atoms with E-state index in [9.17, 15) is 32.9 Å². The first-order chi connectivity index (χ1) is 11.1. The highest BCUT2D eigenvalue weighted by atomic mass is 19.4. The van der Waals surface area contributed by atoms with Gasteiger partial charge in [-0.15, -0.1) is 0 Å². The number of esters is 1. The van der Waals surface area contributed by atoms with Gasteiger partial charge in [0.15, 0.2) is 6.61 Å². The lowest BCUT2D eigenvalue weighted by Crippen LogP contribution is -2.22. The summed E-state index contributed by atoms with van der Waals surface area (Å²) in [5.74, 6) is -1.48. The van der Waals surface area contributed by atoms with Gasteiger partial charge in [-0.25, -0.2) is 0 Å². The third-order valence-electron chi connectivity index (χ3n) is 3.55. The van der Waals surface area contributed by atoms with Crippen LogP contribution in [0, 0.1) is 22.0 Å². The smallest absolute Gasteiger partial charge is 0.416 e. The molecule has 0 bridgehead atoms. The molecule has 0 radical (unpaired) electrons. The fourth-order valence-corrected chi connectivity index (χ4v) is 2.05. The highest BCUT2D eigenvalue weighted by Crippen LogP contribution is 2.38. The summed E-state index contributed by atoms with van der Waals surface area (Å²) in [7, 11) is 0. The summed E-state index contributed by atoms with van der Waals surface area (Å²) in [6, 6.07) is 1.72. The molecule has 2 atom stereocenters. The molecule has 1 amide bonds. The number of benzene rings is 1. The normalized spacial score (nSPS) is 19.5. The van der Waals surface area contributed by atoms with Gasteiger partial charge in [0.05, 0.1) is 16.4 Å². The van der Waals surface area contributed by atoms with E-state index in [1.54, 1.807) is 0 Å². The zero-order valence-corrected chi connectivity index (χ0v) is 12.4. The number of carbonyl (C=O) groups excluding carboxylic acids is 2. The predicted octanol–water partition coefficient (Wildman–Crippen LogP) is 2.75. The maximum atomic E-state index is 12.6. The second-order valence-electron chi connectivity index (χ2n) is 5.46. The average molecular weight is 346 g/mol. The minimum atomic E-state index is -4.75. The van der Waals surface area contributed by atoms with E-state index >= 15 is 0 Å². The Morgan fingerprint density at radius 2 is 2.04 bits per heavy atom. The van der Waals surface area contributed by atoms with E-state index in [1.165, 1.54) is 0 Å². The lowest BCUT2D eigenvalue weighted by molar-refractivity contribution is -0.384. The van der Waals surface area contributed by atoms with Crippen molar-refractivity contribution < 1.29 is 32.4 Å². The van der Waals surface area contributed by atoms with E-state index in [0.29, 0.717) is 18.6 Å². The van der Waals surface area contributed by atoms with E-state index in [1.807, 2.05) is 6.92 Å². The van der Waals surface area contributed by atoms with E-state index in [4.69, 9.17) is 4.74 Å². The van der Waals surface area contributed by atoms with Crippen molar-refractivity contribution in [3.05, 3.63) is 33.9 Å². The molecule has 1 aromatic carbocycles. The van der Waals surface area contributed by atoms with E-state index < -0.39 is 46.5 Å². The summed E-state index contributed by atoms with van der Waals surface area (Å²) in [4.78, 5) is 33.0. The monoisotopic (exact) mass is 346 g/mol. The van der Waals surface area contributed by atoms with Gasteiger partial charge in [-0.1, -0.05) is 6.92 Å². The van der Waals surface area contributed by atoms with Gasteiger partial charge in [0, 0.05) is 6.07 Å². The number of rotatable bonds is 5. The second kappa shape index (κ2) is 6.46. The highest BCUT2D eigenvalue weighted by Gasteiger charge is 2.40. The number of anilines is 1. The predicted molar refractivity (Wildman–Crippen MR) is 75.0 cm³/mol. The largest absolute Gasteiger partial charge is 0.455 e. The Hall–Kier alpha value is -2.65. The zero-order chi connectivity index (χ0) is 18.1. The zero-order valence-electron chi connectivity index (χ0n) is 12.4. The van der Waals surface area contributed by atoms with Crippen molar-refractivity contribution in [3.63, 3.8) is 0 Å². The lowest BCUT2D eigenvalue weighted by Gasteiger charge is -2.10. The molecule has 130 valence electrons. The summed E-state index contributed by atoms with van der Waals surface area (Å²) < 4.78 is 42.5. The molecule has 1 saturated carbocycles. The fourth-order valence-electron chi connectivity index (χ4n) is 2.05. The first kappa shape index (κ1) is 17.7. The number of alkyl halides is 3. The summed E-state index contributed by atoms with van der Waals surface area (Å²) >= 11 is 0. The molecule has 2 unspecified atom stereocenters. The minimum absolute atomic E-state index is 0.191. The first-order valence-electron chi connectivity index (χ1n) is 6.91. The van der Waals surface area contributed by atoms with Crippen molar-refractivity contribution in [2.75, 3.05) is 11.9 Å². The number of nitrogens with zero attached hydrogens (tertiary/aromatic N) is 1. The van der Waals surface area contributed by atoms with Crippen LogP contribution in [0.25, 0.3) is 0 Å². The van der Waals surface area contributed by atoms with Crippen molar-refractivity contribution in [2.45, 2.75) is 19.5 Å². The number of halogens is 3. The van der Waals surface area contributed by atoms with Crippen LogP contribution in [0.2, 0.25) is 0 Å². The molecule has 1 aromatic rings. The number of nitrogens with one attached hydrogen (secondary N) is 1. The summed E-state index contributed by atoms with van der Waals surface area (Å²) in [5.41, 5.74) is -2.52. The summed E-state index contributed by atoms with van der Waals surface area (Å²) in [5, 5.41) is 13.0. The van der Waals surface area contributed by atoms with E-state index in [-0.39, 0.29) is 11.8 Å². The number of hydrogen-bond acceptors (Lipinski definition) is 5. The molecule has 2 rings (SSSR count). The Kier molecular flexibility index (Phi) is 4.76. The quantitative estimate of drug-likeness (QED) is 0.502. The van der Waals surface area contributed by atoms with Gasteiger partial charge in [0.2, 0.25) is 0 Å². The van der Waals surface area contributed by atoms with Crippen molar-refractivity contribution in [3.8, 4) is 0 Å². The number of hydrogen-bond donors (Lipinski definition) is 1. The number of ether oxygens (including phenoxy) is 1. The Morgan fingerprint density at radius 1 is 1.42 bits per heavy atom. The van der Waals surface area contributed by atoms with Crippen LogP contribution in [0.3, 0.4) is 0 Å². The van der Waals surface area contributed by atoms with Gasteiger partial charge in [-0.05, 0) is 24.5 Å². The molecule has 7 nitrogen and oxygen atoms in total. The third kappa shape index (κ3) is 4.21. The standard InChI is InChI=1S/C14H13F3N2O5/c1-7-4-9(7)13(21)24-6-12(20)18-10-3-2-8(14(15,16)17)5-11(10)19(22)23/h2-3,5,7,9H,4,6H2,1H3,(H,18,20). The van der Waals surface area contributed by atoms with Gasteiger partial charge < -0.3 is 10.1 Å². The van der Waals surface area contributed by atoms with Crippen LogP contribution >= 0.6 is 0 Å². The molecular formula is C14H13F3N2O5. The lowest BCUT2D eigenvalue weighted by atomic mass is 10.1. The third-order valence-corrected chi connectivity index (χ3v) is 3.55. The van der Waals surface area contributed by atoms with E-state index in [2.05, 4.69) is 5.32 Å². The Balaban J connectivity index is 2.04. The molecule has 0 saturated heterocycles. The van der Waals surface area contributed by atoms with Crippen LogP contribution in [-0.4, -0.2) is 23.4 Å². The van der Waals surface area contributed by atoms with Crippen LogP contribution in [0.5, 0.6) is 0 Å². The Morgan fingerprint density at radius 3 is 2.54 bits per heavy atom. The summed E-state index contributed by atoms with van der Waals surface area (Å²) in [6.45, 7) is 1.18. The molecule has 1 aliphatic carbocycles. The summed E-state index contributed by atoms with van der Waals surface area (Å²) in [6.07, 6.45) is -4.07. The average Bonchev–Trinajstić information content (AvgIpc) is 3.21. The molecule has 10 heteroatoms. The molecular weight excluding hydrogens is 333 g/mol. The Bertz CT molecular complexity index is 689. The highest BCUT2D eigenvalue weighted by molar-refractivity contribution is 5.95. The van der Waals surface area contributed by atoms with Crippen molar-refractivity contribution in [2.24, 2.45) is 11.8 Å². The van der Waals surface area contributed by atoms with Crippen molar-refractivity contribution in [1.29, 1.82) is 0 Å². The number of nitro benzene ring substituents is 1. The van der Waals surface area contributed by atoms with Crippen molar-refractivity contribution in [1.82, 2.24) is 0 Å². The second-order valence-corrected chi connectivity index (χ2v) is 5.46. The fraction of sp³-hybridized carbons (Fsp3) is 0.429. The van der Waals surface area contributed by atoms with Gasteiger partial charge in [-0.3, -0.25) is 19.7 Å². The van der Waals surface area contributed by atoms with Gasteiger partial charge in [0.1, 0.15) is 5.69 Å². The molecule has 0 heterocycles. The van der Waals surface area contributed by atoms with Crippen molar-refractivity contribution >= 4 is 23.3 Å². The molecule has 1 aliphatic rings. The van der Waals surface area contributed by atoms with E-state index in [0.717, 1.165) is 6.07 Å². The van der Waals surface area contributed by atoms with Crippen LogP contribution in [0.4, 0.5) is 24.5 Å². The van der Waals surface area contributed by atoms with Crippen LogP contribution < -0.4 is 5.32 Å². The van der Waals surface area contributed by atoms with Gasteiger partial charge in [-0.2, -0.15) is 13.2 Å². The van der Waals surface area contributed by atoms with Gasteiger partial charge in [0.25, 0.3) is 11.6 Å². The van der Waals surface area contributed by atoms with Gasteiger partial charge >= 0.3 is 12.1 Å². The molecule has 1 N–H and O–H groups in total. The number of carbonyl (C=O) groups is 2. The first-order valence-corrected chi connectivity index (χ1v) is 6.91. The molecule has 1 fully saturated rings. The molecule has 0 spiro atoms. The maximum absolute atomic E-state index is 12.6. The van der Waals surface area contributed by atoms with Crippen LogP contribution in [-0.2, 0) is 20.5 Å². The number of amides is 1. The number of nitro groups is 1. The molecule has 0 aliphatic heterocycles. The van der Waals surface area contributed by atoms with Crippen LogP contribution in [0.1, 0.15) is 18.9 Å². The molecule has 0 aromatic heterocycles. The molecule has 24 heavy (non-hydrogen) atoms. The SMILES string of the molecule is CC1CC1C(=O)OCC(=O)Nc1ccc(C(F)(F)F)cc1[N+](=O)[O-]. The van der Waals surface area contributed by atoms with Crippen LogP contribution in [0.15, 0.2) is 18.2 Å².